The first-order valence-corrected chi connectivity index (χ1v) is 26.2. The summed E-state index contributed by atoms with van der Waals surface area (Å²) in [7, 11) is 0. The summed E-state index contributed by atoms with van der Waals surface area (Å²) in [6.07, 6.45) is 0. The minimum atomic E-state index is -0.152. The second-order valence-corrected chi connectivity index (χ2v) is 21.4. The smallest absolute Gasteiger partial charge is 0.0542 e. The van der Waals surface area contributed by atoms with Crippen LogP contribution in [0.3, 0.4) is 0 Å². The molecule has 0 bridgehead atoms. The Bertz CT molecular complexity index is 3900. The largest absolute Gasteiger partial charge is 0.310 e. The summed E-state index contributed by atoms with van der Waals surface area (Å²) in [6.45, 7) is 9.47. The van der Waals surface area contributed by atoms with E-state index in [4.69, 9.17) is 0 Å². The maximum absolute atomic E-state index is 2.45. The number of nitrogens with zero attached hydrogens (tertiary/aromatic N) is 3. The number of hydrogen-bond donors (Lipinski definition) is 0. The molecule has 0 atom stereocenters. The van der Waals surface area contributed by atoms with Gasteiger partial charge in [0.2, 0.25) is 0 Å². The molecule has 358 valence electrons. The Morgan fingerprint density at radius 3 is 1.01 bits per heavy atom. The van der Waals surface area contributed by atoms with Gasteiger partial charge in [-0.2, -0.15) is 0 Å². The molecule has 12 aromatic rings. The zero-order valence-electron chi connectivity index (χ0n) is 42.7. The van der Waals surface area contributed by atoms with Crippen molar-refractivity contribution in [2.24, 2.45) is 0 Å². The van der Waals surface area contributed by atoms with E-state index in [1.54, 1.807) is 0 Å². The number of benzene rings is 11. The van der Waals surface area contributed by atoms with E-state index in [1.807, 2.05) is 0 Å². The van der Waals surface area contributed by atoms with Gasteiger partial charge in [-0.15, -0.1) is 0 Å². The van der Waals surface area contributed by atoms with Crippen LogP contribution in [0.2, 0.25) is 0 Å². The molecule has 3 nitrogen and oxygen atoms in total. The Morgan fingerprint density at radius 1 is 0.267 bits per heavy atom. The molecule has 1 aromatic heterocycles. The summed E-state index contributed by atoms with van der Waals surface area (Å²) in [5.74, 6) is 0. The highest BCUT2D eigenvalue weighted by atomic mass is 15.2. The molecule has 75 heavy (non-hydrogen) atoms. The third-order valence-electron chi connectivity index (χ3n) is 16.4. The predicted molar refractivity (Wildman–Crippen MR) is 316 cm³/mol. The van der Waals surface area contributed by atoms with Crippen LogP contribution in [0.4, 0.5) is 34.1 Å². The van der Waals surface area contributed by atoms with Gasteiger partial charge >= 0.3 is 0 Å². The van der Waals surface area contributed by atoms with Crippen LogP contribution in [0.25, 0.3) is 72.0 Å². The van der Waals surface area contributed by atoms with Crippen molar-refractivity contribution >= 4 is 55.9 Å². The van der Waals surface area contributed by atoms with E-state index >= 15 is 0 Å². The molecule has 0 unspecified atom stereocenters. The fourth-order valence-electron chi connectivity index (χ4n) is 12.6. The number of hydrogen-bond acceptors (Lipinski definition) is 2. The van der Waals surface area contributed by atoms with Crippen molar-refractivity contribution in [1.82, 2.24) is 4.57 Å². The van der Waals surface area contributed by atoms with E-state index in [2.05, 4.69) is 303 Å². The molecule has 2 aliphatic carbocycles. The summed E-state index contributed by atoms with van der Waals surface area (Å²) < 4.78 is 2.43. The average Bonchev–Trinajstić information content (AvgIpc) is 4.07. The maximum Gasteiger partial charge on any atom is 0.0542 e. The third-order valence-corrected chi connectivity index (χ3v) is 16.4. The van der Waals surface area contributed by atoms with Gasteiger partial charge in [-0.25, -0.2) is 0 Å². The molecule has 11 aromatic carbocycles. The molecular weight excluding hydrogens is 907 g/mol. The average molecular weight is 962 g/mol. The molecule has 0 aliphatic heterocycles. The molecule has 3 heteroatoms. The van der Waals surface area contributed by atoms with Crippen molar-refractivity contribution in [1.29, 1.82) is 0 Å². The lowest BCUT2D eigenvalue weighted by atomic mass is 9.82. The van der Waals surface area contributed by atoms with Gasteiger partial charge in [-0.3, -0.25) is 0 Å². The Hall–Kier alpha value is -9.18. The van der Waals surface area contributed by atoms with Gasteiger partial charge in [-0.05, 0) is 164 Å². The second kappa shape index (κ2) is 17.2. The summed E-state index contributed by atoms with van der Waals surface area (Å²) in [5.41, 5.74) is 25.2. The molecule has 0 fully saturated rings. The summed E-state index contributed by atoms with van der Waals surface area (Å²) >= 11 is 0. The Morgan fingerprint density at radius 2 is 0.587 bits per heavy atom. The molecule has 0 saturated carbocycles. The first kappa shape index (κ1) is 44.5. The van der Waals surface area contributed by atoms with Gasteiger partial charge in [0.1, 0.15) is 0 Å². The van der Waals surface area contributed by atoms with Crippen molar-refractivity contribution in [2.45, 2.75) is 38.5 Å². The van der Waals surface area contributed by atoms with Gasteiger partial charge in [0.25, 0.3) is 0 Å². The molecule has 0 spiro atoms. The van der Waals surface area contributed by atoms with Gasteiger partial charge < -0.3 is 14.4 Å². The van der Waals surface area contributed by atoms with Crippen molar-refractivity contribution in [2.75, 3.05) is 9.80 Å². The number of aromatic nitrogens is 1. The van der Waals surface area contributed by atoms with Crippen molar-refractivity contribution in [3.8, 4) is 50.2 Å². The van der Waals surface area contributed by atoms with Crippen LogP contribution >= 0.6 is 0 Å². The Kier molecular flexibility index (Phi) is 10.2. The predicted octanol–water partition coefficient (Wildman–Crippen LogP) is 19.7. The fourth-order valence-corrected chi connectivity index (χ4v) is 12.6. The minimum Gasteiger partial charge on any atom is -0.310 e. The van der Waals surface area contributed by atoms with Gasteiger partial charge in [-0.1, -0.05) is 191 Å². The Balaban J connectivity index is 0.972. The quantitative estimate of drug-likeness (QED) is 0.143. The first-order chi connectivity index (χ1) is 36.7. The zero-order chi connectivity index (χ0) is 50.4. The summed E-state index contributed by atoms with van der Waals surface area (Å²) in [5, 5.41) is 2.36. The topological polar surface area (TPSA) is 11.4 Å². The highest BCUT2D eigenvalue weighted by Gasteiger charge is 2.37. The fraction of sp³-hybridized carbons (Fsp3) is 0.0833. The minimum absolute atomic E-state index is 0.152. The van der Waals surface area contributed by atoms with Gasteiger partial charge in [0.05, 0.1) is 11.0 Å². The van der Waals surface area contributed by atoms with Crippen LogP contribution in [-0.2, 0) is 10.8 Å². The van der Waals surface area contributed by atoms with Crippen LogP contribution < -0.4 is 9.80 Å². The van der Waals surface area contributed by atoms with Crippen LogP contribution in [0.5, 0.6) is 0 Å². The van der Waals surface area contributed by atoms with Gasteiger partial charge in [0.15, 0.2) is 0 Å². The summed E-state index contributed by atoms with van der Waals surface area (Å²) in [4.78, 5) is 4.90. The van der Waals surface area contributed by atoms with E-state index < -0.39 is 0 Å². The monoisotopic (exact) mass is 961 g/mol. The van der Waals surface area contributed by atoms with E-state index in [-0.39, 0.29) is 10.8 Å². The van der Waals surface area contributed by atoms with E-state index in [0.717, 1.165) is 50.8 Å². The lowest BCUT2D eigenvalue weighted by molar-refractivity contribution is 0.660. The van der Waals surface area contributed by atoms with Gasteiger partial charge in [0, 0.05) is 61.4 Å². The third kappa shape index (κ3) is 7.17. The standard InChI is InChI=1S/C72H55N3/c1-71(2)65-26-16-14-24-59(65)61-40-36-57(46-67(61)71)73(53-32-28-50(29-33-53)48-18-8-5-9-19-48)55-38-42-69-63(44-55)64-45-56(39-43-70(64)75(69)52-22-12-7-13-23-52)74(54-34-30-51(31-35-54)49-20-10-6-11-21-49)58-37-41-62-60-25-15-17-27-66(60)72(3,4)68(62)47-58/h5-47H,1-4H3. The van der Waals surface area contributed by atoms with Crippen LogP contribution in [-0.4, -0.2) is 4.57 Å². The Labute approximate surface area is 439 Å². The molecule has 0 amide bonds. The SMILES string of the molecule is CC1(C)c2ccccc2-c2ccc(N(c3ccc(-c4ccccc4)cc3)c3ccc4c(c3)c3cc(N(c5ccc(-c6ccccc6)cc5)c5ccc6c(c5)C(C)(C)c5ccccc5-6)ccc3n4-c3ccccc3)cc21. The van der Waals surface area contributed by atoms with Crippen LogP contribution in [0.15, 0.2) is 261 Å². The lowest BCUT2D eigenvalue weighted by Crippen LogP contribution is -2.16. The second-order valence-electron chi connectivity index (χ2n) is 21.4. The molecule has 1 heterocycles. The molecule has 0 radical (unpaired) electrons. The van der Waals surface area contributed by atoms with Crippen molar-refractivity contribution < 1.29 is 0 Å². The molecule has 0 N–H and O–H groups in total. The summed E-state index contributed by atoms with van der Waals surface area (Å²) in [6, 6.07) is 96.4. The molecule has 2 aliphatic rings. The normalized spacial score (nSPS) is 13.5. The van der Waals surface area contributed by atoms with Crippen LogP contribution in [0, 0.1) is 0 Å². The van der Waals surface area contributed by atoms with Crippen molar-refractivity contribution in [3.05, 3.63) is 283 Å². The number of para-hydroxylation sites is 1. The van der Waals surface area contributed by atoms with E-state index in [9.17, 15) is 0 Å². The molecule has 0 saturated heterocycles. The maximum atomic E-state index is 2.45. The van der Waals surface area contributed by atoms with Crippen molar-refractivity contribution in [3.63, 3.8) is 0 Å². The lowest BCUT2D eigenvalue weighted by Gasteiger charge is -2.28. The highest BCUT2D eigenvalue weighted by Crippen LogP contribution is 2.53. The number of fused-ring (bicyclic) bond motifs is 9. The highest BCUT2D eigenvalue weighted by molar-refractivity contribution is 6.12. The molecule has 14 rings (SSSR count). The van der Waals surface area contributed by atoms with E-state index in [1.165, 1.54) is 77.5 Å². The molecular formula is C72H55N3. The zero-order valence-corrected chi connectivity index (χ0v) is 42.7. The van der Waals surface area contributed by atoms with Crippen LogP contribution in [0.1, 0.15) is 49.9 Å². The number of rotatable bonds is 9. The van der Waals surface area contributed by atoms with E-state index in [0.29, 0.717) is 0 Å². The number of anilines is 6. The first-order valence-electron chi connectivity index (χ1n) is 26.2.